The molecule has 11 nitrogen and oxygen atoms in total. The minimum absolute atomic E-state index is 0.0118. The van der Waals surface area contributed by atoms with Crippen LogP contribution in [0.1, 0.15) is 105 Å². The maximum Gasteiger partial charge on any atom is 0.317 e. The SMILES string of the molecule is CC.CCC(=O)O.CCCCC(C)CCCC(=O)O.CCCN(CCN(CC(=O)O)CC(C)Cc1ccc(NC)cc1)CC(=O)O. The van der Waals surface area contributed by atoms with Gasteiger partial charge in [0.15, 0.2) is 0 Å². The van der Waals surface area contributed by atoms with Crippen LogP contribution in [0.3, 0.4) is 0 Å². The molecular weight excluding hydrogens is 590 g/mol. The molecule has 1 rings (SSSR count). The zero-order chi connectivity index (χ0) is 35.9. The Bertz CT molecular complexity index is 912. The Morgan fingerprint density at radius 1 is 0.696 bits per heavy atom. The van der Waals surface area contributed by atoms with Crippen LogP contribution in [0, 0.1) is 11.8 Å². The van der Waals surface area contributed by atoms with Gasteiger partial charge in [0.2, 0.25) is 0 Å². The third-order valence-corrected chi connectivity index (χ3v) is 6.83. The van der Waals surface area contributed by atoms with Crippen molar-refractivity contribution in [2.45, 2.75) is 106 Å². The van der Waals surface area contributed by atoms with Gasteiger partial charge < -0.3 is 25.7 Å². The summed E-state index contributed by atoms with van der Waals surface area (Å²) < 4.78 is 0. The Kier molecular flexibility index (Phi) is 32.6. The van der Waals surface area contributed by atoms with Crippen molar-refractivity contribution in [1.82, 2.24) is 9.80 Å². The lowest BCUT2D eigenvalue weighted by Crippen LogP contribution is -2.41. The second-order valence-corrected chi connectivity index (χ2v) is 11.3. The van der Waals surface area contributed by atoms with Crippen molar-refractivity contribution in [2.24, 2.45) is 11.8 Å². The molecule has 0 aliphatic heterocycles. The van der Waals surface area contributed by atoms with Gasteiger partial charge in [0.05, 0.1) is 13.1 Å². The maximum absolute atomic E-state index is 11.2. The smallest absolute Gasteiger partial charge is 0.317 e. The van der Waals surface area contributed by atoms with Gasteiger partial charge in [-0.1, -0.05) is 86.3 Å². The lowest BCUT2D eigenvalue weighted by atomic mass is 9.98. The minimum Gasteiger partial charge on any atom is -0.481 e. The summed E-state index contributed by atoms with van der Waals surface area (Å²) in [6, 6.07) is 8.23. The minimum atomic E-state index is -0.860. The number of rotatable bonds is 22. The molecule has 0 aliphatic carbocycles. The highest BCUT2D eigenvalue weighted by Crippen LogP contribution is 2.15. The number of nitrogens with one attached hydrogen (secondary N) is 1. The standard InChI is InChI=1S/C20H33N3O4.C10H20O2.C3H6O2.C2H6/c1-4-9-22(14-19(24)25)10-11-23(15-20(26)27)13-16(2)12-17-5-7-18(21-3)8-6-17;1-3-4-6-9(2)7-5-8-10(11)12;1-2-3(4)5;1-2/h5-8,16,21H,4,9-15H2,1-3H3,(H,24,25)(H,26,27);9H,3-8H2,1-2H3,(H,11,12);2H2,1H3,(H,4,5);1-2H3. The molecule has 0 spiro atoms. The molecule has 1 aromatic rings. The number of carbonyl (C=O) groups is 4. The van der Waals surface area contributed by atoms with Crippen molar-refractivity contribution in [3.8, 4) is 0 Å². The van der Waals surface area contributed by atoms with E-state index in [4.69, 9.17) is 15.3 Å². The first-order valence-electron chi connectivity index (χ1n) is 16.9. The molecule has 0 aliphatic rings. The maximum atomic E-state index is 11.2. The van der Waals surface area contributed by atoms with Crippen LogP contribution in [-0.4, -0.2) is 100 Å². The van der Waals surface area contributed by atoms with Gasteiger partial charge in [0.25, 0.3) is 0 Å². The summed E-state index contributed by atoms with van der Waals surface area (Å²) in [4.78, 5) is 45.5. The van der Waals surface area contributed by atoms with E-state index in [-0.39, 0.29) is 19.5 Å². The van der Waals surface area contributed by atoms with E-state index in [9.17, 15) is 24.3 Å². The van der Waals surface area contributed by atoms with Gasteiger partial charge >= 0.3 is 23.9 Å². The first-order chi connectivity index (χ1) is 21.8. The second kappa shape index (κ2) is 31.8. The summed E-state index contributed by atoms with van der Waals surface area (Å²) in [7, 11) is 1.88. The van der Waals surface area contributed by atoms with Crippen LogP contribution in [-0.2, 0) is 25.6 Å². The molecule has 0 saturated heterocycles. The van der Waals surface area contributed by atoms with Crippen molar-refractivity contribution in [3.63, 3.8) is 0 Å². The highest BCUT2D eigenvalue weighted by Gasteiger charge is 2.16. The Balaban J connectivity index is -0.000000802. The first kappa shape index (κ1) is 47.2. The summed E-state index contributed by atoms with van der Waals surface area (Å²) in [5.74, 6) is -2.14. The number of anilines is 1. The fourth-order valence-corrected chi connectivity index (χ4v) is 4.50. The average Bonchev–Trinajstić information content (AvgIpc) is 3.00. The van der Waals surface area contributed by atoms with E-state index in [1.54, 1.807) is 6.92 Å². The van der Waals surface area contributed by atoms with E-state index in [1.165, 1.54) is 24.8 Å². The third-order valence-electron chi connectivity index (χ3n) is 6.83. The van der Waals surface area contributed by atoms with Crippen LogP contribution >= 0.6 is 0 Å². The van der Waals surface area contributed by atoms with Crippen molar-refractivity contribution in [3.05, 3.63) is 29.8 Å². The molecule has 268 valence electrons. The summed E-state index contributed by atoms with van der Waals surface area (Å²) in [5.41, 5.74) is 2.28. The number of hydrogen-bond acceptors (Lipinski definition) is 7. The molecule has 46 heavy (non-hydrogen) atoms. The van der Waals surface area contributed by atoms with E-state index in [0.29, 0.717) is 44.4 Å². The van der Waals surface area contributed by atoms with E-state index in [1.807, 2.05) is 49.8 Å². The molecule has 0 fully saturated rings. The predicted octanol–water partition coefficient (Wildman–Crippen LogP) is 6.66. The molecule has 0 bridgehead atoms. The van der Waals surface area contributed by atoms with E-state index < -0.39 is 23.9 Å². The molecule has 0 amide bonds. The summed E-state index contributed by atoms with van der Waals surface area (Å²) in [6.45, 7) is 16.5. The van der Waals surface area contributed by atoms with Gasteiger partial charge in [-0.15, -0.1) is 0 Å². The second-order valence-electron chi connectivity index (χ2n) is 11.3. The molecule has 2 unspecified atom stereocenters. The van der Waals surface area contributed by atoms with Gasteiger partial charge in [0.1, 0.15) is 0 Å². The number of aliphatic carboxylic acids is 4. The van der Waals surface area contributed by atoms with Crippen LogP contribution < -0.4 is 5.32 Å². The van der Waals surface area contributed by atoms with Gasteiger partial charge in [-0.2, -0.15) is 0 Å². The lowest BCUT2D eigenvalue weighted by Gasteiger charge is -2.27. The predicted molar refractivity (Wildman–Crippen MR) is 187 cm³/mol. The average molecular weight is 656 g/mol. The van der Waals surface area contributed by atoms with Crippen LogP contribution in [0.15, 0.2) is 24.3 Å². The first-order valence-corrected chi connectivity index (χ1v) is 16.9. The van der Waals surface area contributed by atoms with Crippen LogP contribution in [0.25, 0.3) is 0 Å². The highest BCUT2D eigenvalue weighted by molar-refractivity contribution is 5.69. The Labute approximate surface area is 278 Å². The largest absolute Gasteiger partial charge is 0.481 e. The normalized spacial score (nSPS) is 11.5. The monoisotopic (exact) mass is 655 g/mol. The Hall–Kier alpha value is -3.18. The molecule has 0 aromatic heterocycles. The zero-order valence-corrected chi connectivity index (χ0v) is 29.9. The van der Waals surface area contributed by atoms with Crippen molar-refractivity contribution < 1.29 is 39.6 Å². The van der Waals surface area contributed by atoms with E-state index >= 15 is 0 Å². The Morgan fingerprint density at radius 3 is 1.63 bits per heavy atom. The topological polar surface area (TPSA) is 168 Å². The molecule has 1 aromatic carbocycles. The number of nitrogens with zero attached hydrogens (tertiary/aromatic N) is 2. The molecular formula is C35H65N3O8. The number of unbranched alkanes of at least 4 members (excludes halogenated alkanes) is 1. The number of carboxylic acid groups (broad SMARTS) is 4. The fourth-order valence-electron chi connectivity index (χ4n) is 4.50. The molecule has 11 heteroatoms. The molecule has 0 radical (unpaired) electrons. The van der Waals surface area contributed by atoms with Gasteiger partial charge in [-0.25, -0.2) is 0 Å². The van der Waals surface area contributed by atoms with Gasteiger partial charge in [-0.3, -0.25) is 29.0 Å². The Morgan fingerprint density at radius 2 is 1.20 bits per heavy atom. The fraction of sp³-hybridized carbons (Fsp3) is 0.714. The zero-order valence-electron chi connectivity index (χ0n) is 29.9. The van der Waals surface area contributed by atoms with Gasteiger partial charge in [-0.05, 0) is 55.3 Å². The highest BCUT2D eigenvalue weighted by atomic mass is 16.4. The van der Waals surface area contributed by atoms with E-state index in [2.05, 4.69) is 38.2 Å². The van der Waals surface area contributed by atoms with Crippen molar-refractivity contribution in [1.29, 1.82) is 0 Å². The molecule has 5 N–H and O–H groups in total. The summed E-state index contributed by atoms with van der Waals surface area (Å²) >= 11 is 0. The van der Waals surface area contributed by atoms with Crippen molar-refractivity contribution in [2.75, 3.05) is 51.6 Å². The molecule has 0 heterocycles. The van der Waals surface area contributed by atoms with Crippen LogP contribution in [0.5, 0.6) is 0 Å². The van der Waals surface area contributed by atoms with Crippen LogP contribution in [0.4, 0.5) is 5.69 Å². The quantitative estimate of drug-likeness (QED) is 0.0905. The summed E-state index contributed by atoms with van der Waals surface area (Å²) in [6.07, 6.45) is 7.94. The number of carboxylic acids is 4. The van der Waals surface area contributed by atoms with E-state index in [0.717, 1.165) is 31.4 Å². The van der Waals surface area contributed by atoms with Gasteiger partial charge in [0, 0.05) is 45.2 Å². The van der Waals surface area contributed by atoms with Crippen molar-refractivity contribution >= 4 is 29.6 Å². The number of hydrogen-bond donors (Lipinski definition) is 5. The molecule has 0 saturated carbocycles. The summed E-state index contributed by atoms with van der Waals surface area (Å²) in [5, 5.41) is 37.4. The third kappa shape index (κ3) is 32.2. The lowest BCUT2D eigenvalue weighted by molar-refractivity contribution is -0.140. The van der Waals surface area contributed by atoms with Crippen LogP contribution in [0.2, 0.25) is 0 Å². The number of benzene rings is 1. The molecule has 2 atom stereocenters.